The van der Waals surface area contributed by atoms with Crippen LogP contribution in [0.2, 0.25) is 5.02 Å². The molecule has 0 fully saturated rings. The molecule has 1 unspecified atom stereocenters. The first-order valence-electron chi connectivity index (χ1n) is 6.51. The Morgan fingerprint density at radius 1 is 1.29 bits per heavy atom. The van der Waals surface area contributed by atoms with E-state index in [1.165, 1.54) is 7.11 Å². The quantitative estimate of drug-likeness (QED) is 0.664. The molecule has 0 aliphatic heterocycles. The zero-order valence-corrected chi connectivity index (χ0v) is 12.6. The van der Waals surface area contributed by atoms with Gasteiger partial charge in [-0.2, -0.15) is 0 Å². The molecule has 0 spiro atoms. The lowest BCUT2D eigenvalue weighted by Gasteiger charge is -2.17. The summed E-state index contributed by atoms with van der Waals surface area (Å²) in [5.74, 6) is -0.452. The lowest BCUT2D eigenvalue weighted by atomic mass is 10.1. The van der Waals surface area contributed by atoms with Gasteiger partial charge in [-0.3, -0.25) is 0 Å². The van der Waals surface area contributed by atoms with Gasteiger partial charge in [0.2, 0.25) is 0 Å². The Kier molecular flexibility index (Phi) is 4.70. The number of benzene rings is 2. The molecular formula is C16H17ClN2O2. The molecular weight excluding hydrogens is 288 g/mol. The fraction of sp³-hybridized carbons (Fsp3) is 0.188. The number of ether oxygens (including phenoxy) is 1. The highest BCUT2D eigenvalue weighted by Gasteiger charge is 2.12. The molecule has 0 heterocycles. The topological polar surface area (TPSA) is 64.3 Å². The fourth-order valence-electron chi connectivity index (χ4n) is 2.04. The second kappa shape index (κ2) is 6.50. The van der Waals surface area contributed by atoms with E-state index in [1.807, 2.05) is 37.3 Å². The predicted molar refractivity (Wildman–Crippen MR) is 85.7 cm³/mol. The van der Waals surface area contributed by atoms with E-state index in [1.54, 1.807) is 12.1 Å². The number of rotatable bonds is 4. The molecule has 2 rings (SSSR count). The van der Waals surface area contributed by atoms with Crippen molar-refractivity contribution in [3.05, 3.63) is 58.6 Å². The Morgan fingerprint density at radius 3 is 2.71 bits per heavy atom. The third-order valence-electron chi connectivity index (χ3n) is 3.19. The summed E-state index contributed by atoms with van der Waals surface area (Å²) in [7, 11) is 1.33. The van der Waals surface area contributed by atoms with Crippen molar-refractivity contribution in [2.75, 3.05) is 18.2 Å². The zero-order chi connectivity index (χ0) is 15.4. The smallest absolute Gasteiger partial charge is 0.340 e. The van der Waals surface area contributed by atoms with Crippen molar-refractivity contribution in [1.29, 1.82) is 0 Å². The SMILES string of the molecule is COC(=O)c1cc(NC(C)c2cccc(Cl)c2)ccc1N. The minimum atomic E-state index is -0.452. The Labute approximate surface area is 128 Å². The number of carbonyl (C=O) groups is 1. The van der Waals surface area contributed by atoms with Crippen LogP contribution in [-0.4, -0.2) is 13.1 Å². The monoisotopic (exact) mass is 304 g/mol. The number of anilines is 2. The van der Waals surface area contributed by atoms with E-state index in [2.05, 4.69) is 5.32 Å². The summed E-state index contributed by atoms with van der Waals surface area (Å²) >= 11 is 5.99. The van der Waals surface area contributed by atoms with E-state index >= 15 is 0 Å². The first-order valence-corrected chi connectivity index (χ1v) is 6.89. The molecule has 0 amide bonds. The number of hydrogen-bond acceptors (Lipinski definition) is 4. The normalized spacial score (nSPS) is 11.8. The Morgan fingerprint density at radius 2 is 2.05 bits per heavy atom. The summed E-state index contributed by atoms with van der Waals surface area (Å²) in [6.07, 6.45) is 0. The van der Waals surface area contributed by atoms with Crippen LogP contribution in [-0.2, 0) is 4.74 Å². The van der Waals surface area contributed by atoms with Crippen molar-refractivity contribution in [1.82, 2.24) is 0 Å². The Hall–Kier alpha value is -2.20. The first kappa shape index (κ1) is 15.2. The Balaban J connectivity index is 2.21. The van der Waals surface area contributed by atoms with Crippen LogP contribution in [0.1, 0.15) is 28.9 Å². The minimum Gasteiger partial charge on any atom is -0.465 e. The van der Waals surface area contributed by atoms with Crippen LogP contribution in [0, 0.1) is 0 Å². The van der Waals surface area contributed by atoms with E-state index in [4.69, 9.17) is 22.1 Å². The summed E-state index contributed by atoms with van der Waals surface area (Å²) in [5, 5.41) is 4.00. The number of nitrogens with two attached hydrogens (primary N) is 1. The predicted octanol–water partition coefficient (Wildman–Crippen LogP) is 3.88. The van der Waals surface area contributed by atoms with Crippen molar-refractivity contribution < 1.29 is 9.53 Å². The molecule has 0 saturated heterocycles. The number of esters is 1. The molecule has 0 radical (unpaired) electrons. The van der Waals surface area contributed by atoms with Gasteiger partial charge in [0.1, 0.15) is 0 Å². The maximum atomic E-state index is 11.6. The third kappa shape index (κ3) is 3.67. The second-order valence-corrected chi connectivity index (χ2v) is 5.15. The van der Waals surface area contributed by atoms with E-state index < -0.39 is 5.97 Å². The summed E-state index contributed by atoms with van der Waals surface area (Å²) in [4.78, 5) is 11.6. The lowest BCUT2D eigenvalue weighted by Crippen LogP contribution is -2.10. The van der Waals surface area contributed by atoms with Crippen LogP contribution in [0.5, 0.6) is 0 Å². The highest BCUT2D eigenvalue weighted by atomic mass is 35.5. The van der Waals surface area contributed by atoms with Gasteiger partial charge in [-0.15, -0.1) is 0 Å². The van der Waals surface area contributed by atoms with Crippen LogP contribution in [0.25, 0.3) is 0 Å². The van der Waals surface area contributed by atoms with Crippen LogP contribution in [0.4, 0.5) is 11.4 Å². The standard InChI is InChI=1S/C16H17ClN2O2/c1-10(11-4-3-5-12(17)8-11)19-13-6-7-15(18)14(9-13)16(20)21-2/h3-10,19H,18H2,1-2H3. The second-order valence-electron chi connectivity index (χ2n) is 4.71. The number of carbonyl (C=O) groups excluding carboxylic acids is 1. The van der Waals surface area contributed by atoms with Crippen LogP contribution in [0.3, 0.4) is 0 Å². The number of halogens is 1. The van der Waals surface area contributed by atoms with Gasteiger partial charge in [-0.25, -0.2) is 4.79 Å². The van der Waals surface area contributed by atoms with Crippen molar-refractivity contribution in [3.8, 4) is 0 Å². The summed E-state index contributed by atoms with van der Waals surface area (Å²) in [6, 6.07) is 12.8. The van der Waals surface area contributed by atoms with Crippen molar-refractivity contribution in [2.24, 2.45) is 0 Å². The highest BCUT2D eigenvalue weighted by Crippen LogP contribution is 2.24. The first-order chi connectivity index (χ1) is 10.0. The van der Waals surface area contributed by atoms with Crippen molar-refractivity contribution in [2.45, 2.75) is 13.0 Å². The fourth-order valence-corrected chi connectivity index (χ4v) is 2.24. The maximum absolute atomic E-state index is 11.6. The van der Waals surface area contributed by atoms with Crippen molar-refractivity contribution >= 4 is 28.9 Å². The molecule has 0 aliphatic rings. The van der Waals surface area contributed by atoms with Gasteiger partial charge in [0.15, 0.2) is 0 Å². The van der Waals surface area contributed by atoms with Gasteiger partial charge in [0.05, 0.1) is 12.7 Å². The average molecular weight is 305 g/mol. The number of nitrogens with one attached hydrogen (secondary N) is 1. The van der Waals surface area contributed by atoms with E-state index in [0.717, 1.165) is 11.3 Å². The van der Waals surface area contributed by atoms with E-state index in [0.29, 0.717) is 16.3 Å². The largest absolute Gasteiger partial charge is 0.465 e. The molecule has 0 aliphatic carbocycles. The zero-order valence-electron chi connectivity index (χ0n) is 11.9. The number of hydrogen-bond donors (Lipinski definition) is 2. The van der Waals surface area contributed by atoms with Crippen LogP contribution in [0.15, 0.2) is 42.5 Å². The molecule has 0 saturated carbocycles. The van der Waals surface area contributed by atoms with Gasteiger partial charge in [-0.05, 0) is 42.8 Å². The number of nitrogen functional groups attached to an aromatic ring is 1. The average Bonchev–Trinajstić information content (AvgIpc) is 2.48. The van der Waals surface area contributed by atoms with Crippen molar-refractivity contribution in [3.63, 3.8) is 0 Å². The van der Waals surface area contributed by atoms with Gasteiger partial charge in [0.25, 0.3) is 0 Å². The molecule has 4 nitrogen and oxygen atoms in total. The van der Waals surface area contributed by atoms with Crippen LogP contribution < -0.4 is 11.1 Å². The van der Waals surface area contributed by atoms with Gasteiger partial charge in [0, 0.05) is 22.4 Å². The molecule has 1 atom stereocenters. The minimum absolute atomic E-state index is 0.0396. The summed E-state index contributed by atoms with van der Waals surface area (Å²) in [5.41, 5.74) is 8.36. The van der Waals surface area contributed by atoms with Gasteiger partial charge >= 0.3 is 5.97 Å². The molecule has 3 N–H and O–H groups in total. The molecule has 110 valence electrons. The molecule has 5 heteroatoms. The molecule has 2 aromatic rings. The van der Waals surface area contributed by atoms with Gasteiger partial charge in [-0.1, -0.05) is 23.7 Å². The summed E-state index contributed by atoms with van der Waals surface area (Å²) < 4.78 is 4.71. The highest BCUT2D eigenvalue weighted by molar-refractivity contribution is 6.30. The molecule has 0 bridgehead atoms. The van der Waals surface area contributed by atoms with Crippen LogP contribution >= 0.6 is 11.6 Å². The lowest BCUT2D eigenvalue weighted by molar-refractivity contribution is 0.0602. The van der Waals surface area contributed by atoms with Gasteiger partial charge < -0.3 is 15.8 Å². The molecule has 0 aromatic heterocycles. The summed E-state index contributed by atoms with van der Waals surface area (Å²) in [6.45, 7) is 2.01. The third-order valence-corrected chi connectivity index (χ3v) is 3.43. The van der Waals surface area contributed by atoms with E-state index in [-0.39, 0.29) is 6.04 Å². The molecule has 2 aromatic carbocycles. The maximum Gasteiger partial charge on any atom is 0.340 e. The molecule has 21 heavy (non-hydrogen) atoms. The van der Waals surface area contributed by atoms with E-state index in [9.17, 15) is 4.79 Å². The Bertz CT molecular complexity index is 658. The number of methoxy groups -OCH3 is 1.